The van der Waals surface area contributed by atoms with Gasteiger partial charge < -0.3 is 14.6 Å². The number of nitro groups is 1. The number of carboxylic acid groups (broad SMARTS) is 1. The minimum atomic E-state index is -1.69. The van der Waals surface area contributed by atoms with Crippen molar-refractivity contribution in [1.82, 2.24) is 0 Å². The van der Waals surface area contributed by atoms with Crippen molar-refractivity contribution in [2.75, 3.05) is 13.7 Å². The van der Waals surface area contributed by atoms with E-state index in [1.54, 1.807) is 0 Å². The molecule has 1 rings (SSSR count). The Morgan fingerprint density at radius 2 is 2.11 bits per heavy atom. The minimum absolute atomic E-state index is 0.115. The molecule has 0 aliphatic heterocycles. The summed E-state index contributed by atoms with van der Waals surface area (Å²) in [7, 11) is 1.40. The first-order chi connectivity index (χ1) is 8.95. The highest BCUT2D eigenvalue weighted by Crippen LogP contribution is 2.24. The van der Waals surface area contributed by atoms with Crippen LogP contribution in [0.15, 0.2) is 18.2 Å². The lowest BCUT2D eigenvalue weighted by Gasteiger charge is -2.08. The predicted octanol–water partition coefficient (Wildman–Crippen LogP) is 0.774. The van der Waals surface area contributed by atoms with Crippen LogP contribution < -0.4 is 4.74 Å². The van der Waals surface area contributed by atoms with Crippen LogP contribution in [0.3, 0.4) is 0 Å². The van der Waals surface area contributed by atoms with Crippen LogP contribution in [0.4, 0.5) is 5.69 Å². The first-order valence-corrected chi connectivity index (χ1v) is 5.17. The second-order valence-corrected chi connectivity index (χ2v) is 3.44. The molecule has 1 N–H and O–H groups in total. The van der Waals surface area contributed by atoms with Gasteiger partial charge in [-0.25, -0.2) is 9.59 Å². The summed E-state index contributed by atoms with van der Waals surface area (Å²) in [4.78, 5) is 31.0. The summed E-state index contributed by atoms with van der Waals surface area (Å²) >= 11 is 0. The molecular weight excluding hydrogens is 258 g/mol. The summed E-state index contributed by atoms with van der Waals surface area (Å²) in [5, 5.41) is 18.9. The number of carboxylic acids is 1. The SMILES string of the molecule is COc1ccc([N+](=O)[O-])cc1CCOC(=O)C(=O)O. The maximum Gasteiger partial charge on any atom is 0.417 e. The number of hydrogen-bond acceptors (Lipinski definition) is 6. The molecule has 0 amide bonds. The van der Waals surface area contributed by atoms with Gasteiger partial charge in [0.05, 0.1) is 18.6 Å². The molecule has 0 bridgehead atoms. The molecule has 8 nitrogen and oxygen atoms in total. The highest BCUT2D eigenvalue weighted by molar-refractivity contribution is 6.28. The number of esters is 1. The van der Waals surface area contributed by atoms with Crippen LogP contribution in [0, 0.1) is 10.1 Å². The number of aliphatic carboxylic acids is 1. The molecule has 0 aliphatic rings. The topological polar surface area (TPSA) is 116 Å². The fourth-order valence-electron chi connectivity index (χ4n) is 1.39. The van der Waals surface area contributed by atoms with Crippen molar-refractivity contribution in [2.24, 2.45) is 0 Å². The minimum Gasteiger partial charge on any atom is -0.496 e. The van der Waals surface area contributed by atoms with E-state index in [-0.39, 0.29) is 18.7 Å². The molecule has 19 heavy (non-hydrogen) atoms. The highest BCUT2D eigenvalue weighted by atomic mass is 16.6. The first-order valence-electron chi connectivity index (χ1n) is 5.17. The van der Waals surface area contributed by atoms with E-state index in [1.807, 2.05) is 0 Å². The molecule has 0 aromatic heterocycles. The third kappa shape index (κ3) is 3.95. The van der Waals surface area contributed by atoms with Crippen LogP contribution >= 0.6 is 0 Å². The van der Waals surface area contributed by atoms with Gasteiger partial charge in [0.15, 0.2) is 0 Å². The lowest BCUT2D eigenvalue weighted by Crippen LogP contribution is -2.17. The third-order valence-corrected chi connectivity index (χ3v) is 2.25. The molecule has 102 valence electrons. The van der Waals surface area contributed by atoms with Crippen LogP contribution in [-0.4, -0.2) is 35.7 Å². The van der Waals surface area contributed by atoms with Crippen molar-refractivity contribution >= 4 is 17.6 Å². The fraction of sp³-hybridized carbons (Fsp3) is 0.273. The standard InChI is InChI=1S/C11H11NO7/c1-18-9-3-2-8(12(16)17)6-7(9)4-5-19-11(15)10(13)14/h2-3,6H,4-5H2,1H3,(H,13,14). The second kappa shape index (κ2) is 6.34. The number of benzene rings is 1. The van der Waals surface area contributed by atoms with Crippen molar-refractivity contribution in [3.8, 4) is 5.75 Å². The van der Waals surface area contributed by atoms with Gasteiger partial charge >= 0.3 is 11.9 Å². The Labute approximate surface area is 107 Å². The van der Waals surface area contributed by atoms with E-state index in [9.17, 15) is 19.7 Å². The number of rotatable bonds is 5. The molecule has 1 aromatic carbocycles. The summed E-state index contributed by atoms with van der Waals surface area (Å²) in [6, 6.07) is 3.99. The van der Waals surface area contributed by atoms with Crippen molar-refractivity contribution in [1.29, 1.82) is 0 Å². The number of ether oxygens (including phenoxy) is 2. The van der Waals surface area contributed by atoms with Gasteiger partial charge in [0.2, 0.25) is 0 Å². The zero-order chi connectivity index (χ0) is 14.4. The number of carbonyl (C=O) groups is 2. The molecule has 0 spiro atoms. The Hall–Kier alpha value is -2.64. The average Bonchev–Trinajstić information content (AvgIpc) is 2.38. The van der Waals surface area contributed by atoms with Gasteiger partial charge in [0.1, 0.15) is 5.75 Å². The quantitative estimate of drug-likeness (QED) is 0.363. The van der Waals surface area contributed by atoms with Gasteiger partial charge in [0.25, 0.3) is 5.69 Å². The average molecular weight is 269 g/mol. The van der Waals surface area contributed by atoms with Crippen LogP contribution in [0.25, 0.3) is 0 Å². The number of nitrogens with zero attached hydrogens (tertiary/aromatic N) is 1. The Balaban J connectivity index is 2.75. The van der Waals surface area contributed by atoms with Crippen molar-refractivity contribution < 1.29 is 29.1 Å². The van der Waals surface area contributed by atoms with Crippen LogP contribution in [0.1, 0.15) is 5.56 Å². The van der Waals surface area contributed by atoms with E-state index < -0.39 is 16.9 Å². The molecule has 1 aromatic rings. The maximum atomic E-state index is 10.7. The number of hydrogen-bond donors (Lipinski definition) is 1. The highest BCUT2D eigenvalue weighted by Gasteiger charge is 2.15. The molecule has 0 saturated carbocycles. The molecule has 0 fully saturated rings. The van der Waals surface area contributed by atoms with Gasteiger partial charge in [0, 0.05) is 24.1 Å². The number of carbonyl (C=O) groups excluding carboxylic acids is 1. The van der Waals surface area contributed by atoms with Gasteiger partial charge in [-0.15, -0.1) is 0 Å². The molecule has 0 radical (unpaired) electrons. The molecular formula is C11H11NO7. The largest absolute Gasteiger partial charge is 0.496 e. The van der Waals surface area contributed by atoms with E-state index >= 15 is 0 Å². The van der Waals surface area contributed by atoms with Crippen molar-refractivity contribution in [2.45, 2.75) is 6.42 Å². The smallest absolute Gasteiger partial charge is 0.417 e. The van der Waals surface area contributed by atoms with E-state index in [2.05, 4.69) is 4.74 Å². The van der Waals surface area contributed by atoms with E-state index in [0.717, 1.165) is 0 Å². The fourth-order valence-corrected chi connectivity index (χ4v) is 1.39. The van der Waals surface area contributed by atoms with E-state index in [1.165, 1.54) is 25.3 Å². The predicted molar refractivity (Wildman–Crippen MR) is 61.9 cm³/mol. The van der Waals surface area contributed by atoms with Gasteiger partial charge in [-0.3, -0.25) is 10.1 Å². The molecule has 0 atom stereocenters. The third-order valence-electron chi connectivity index (χ3n) is 2.25. The van der Waals surface area contributed by atoms with Crippen molar-refractivity contribution in [3.63, 3.8) is 0 Å². The molecule has 0 saturated heterocycles. The summed E-state index contributed by atoms with van der Waals surface area (Å²) in [6.45, 7) is -0.206. The number of methoxy groups -OCH3 is 1. The monoisotopic (exact) mass is 269 g/mol. The van der Waals surface area contributed by atoms with Gasteiger partial charge in [-0.1, -0.05) is 0 Å². The first kappa shape index (κ1) is 14.4. The van der Waals surface area contributed by atoms with Crippen LogP contribution in [-0.2, 0) is 20.7 Å². The lowest BCUT2D eigenvalue weighted by molar-refractivity contribution is -0.384. The van der Waals surface area contributed by atoms with Crippen LogP contribution in [0.5, 0.6) is 5.75 Å². The summed E-state index contributed by atoms with van der Waals surface area (Å²) in [5.74, 6) is -2.66. The Bertz CT molecular complexity index is 512. The van der Waals surface area contributed by atoms with E-state index in [4.69, 9.17) is 9.84 Å². The van der Waals surface area contributed by atoms with Gasteiger partial charge in [-0.2, -0.15) is 0 Å². The zero-order valence-corrected chi connectivity index (χ0v) is 9.99. The van der Waals surface area contributed by atoms with Crippen LogP contribution in [0.2, 0.25) is 0 Å². The molecule has 0 aliphatic carbocycles. The molecule has 0 unspecified atom stereocenters. The number of non-ortho nitro benzene ring substituents is 1. The zero-order valence-electron chi connectivity index (χ0n) is 9.99. The lowest BCUT2D eigenvalue weighted by atomic mass is 10.1. The summed E-state index contributed by atoms with van der Waals surface area (Å²) in [5.41, 5.74) is 0.329. The van der Waals surface area contributed by atoms with Gasteiger partial charge in [-0.05, 0) is 6.07 Å². The molecule has 8 heteroatoms. The van der Waals surface area contributed by atoms with Crippen molar-refractivity contribution in [3.05, 3.63) is 33.9 Å². The molecule has 0 heterocycles. The van der Waals surface area contributed by atoms with E-state index in [0.29, 0.717) is 11.3 Å². The Kier molecular flexibility index (Phi) is 4.81. The Morgan fingerprint density at radius 3 is 2.63 bits per heavy atom. The summed E-state index contributed by atoms with van der Waals surface area (Å²) in [6.07, 6.45) is 0.115. The summed E-state index contributed by atoms with van der Waals surface area (Å²) < 4.78 is 9.45. The second-order valence-electron chi connectivity index (χ2n) is 3.44. The maximum absolute atomic E-state index is 10.7. The number of nitro benzene ring substituents is 1. The Morgan fingerprint density at radius 1 is 1.42 bits per heavy atom. The normalized spacial score (nSPS) is 9.74.